The van der Waals surface area contributed by atoms with E-state index in [4.69, 9.17) is 5.14 Å². The molecule has 0 aromatic carbocycles. The Kier molecular flexibility index (Phi) is 3.18. The van der Waals surface area contributed by atoms with E-state index in [1.807, 2.05) is 18.7 Å². The first kappa shape index (κ1) is 11.9. The number of likely N-dealkylation sites (tertiary alicyclic amines) is 1. The molecule has 1 fully saturated rings. The number of nitrogens with two attached hydrogens (primary N) is 1. The molecule has 0 spiro atoms. The highest BCUT2D eigenvalue weighted by molar-refractivity contribution is 7.90. The molecule has 4 nitrogen and oxygen atoms in total. The van der Waals surface area contributed by atoms with Gasteiger partial charge in [-0.05, 0) is 13.8 Å². The summed E-state index contributed by atoms with van der Waals surface area (Å²) < 4.78 is 35.7. The second-order valence-electron chi connectivity index (χ2n) is 4.06. The summed E-state index contributed by atoms with van der Waals surface area (Å²) in [7, 11) is -4.07. The standard InChI is InChI=1S/C8H17FN2O2S/c1-7(2)11-5-3-8(9,4-6-11)14(10,12)13/h7H,3-6H2,1-2H3,(H2,10,12,13). The molecule has 1 saturated heterocycles. The zero-order chi connectivity index (χ0) is 11.0. The van der Waals surface area contributed by atoms with Crippen molar-refractivity contribution in [3.8, 4) is 0 Å². The lowest BCUT2D eigenvalue weighted by atomic mass is 10.1. The van der Waals surface area contributed by atoms with Crippen LogP contribution in [0.15, 0.2) is 0 Å². The van der Waals surface area contributed by atoms with E-state index >= 15 is 0 Å². The fraction of sp³-hybridized carbons (Fsp3) is 1.00. The number of nitrogens with zero attached hydrogens (tertiary/aromatic N) is 1. The Morgan fingerprint density at radius 2 is 1.79 bits per heavy atom. The van der Waals surface area contributed by atoms with Crippen molar-refractivity contribution in [2.75, 3.05) is 13.1 Å². The summed E-state index contributed by atoms with van der Waals surface area (Å²) in [5.74, 6) is 0. The molecule has 0 amide bonds. The average Bonchev–Trinajstić information content (AvgIpc) is 2.03. The van der Waals surface area contributed by atoms with Gasteiger partial charge in [-0.25, -0.2) is 17.9 Å². The minimum atomic E-state index is -4.07. The fourth-order valence-corrected chi connectivity index (χ4v) is 2.41. The summed E-state index contributed by atoms with van der Waals surface area (Å²) in [6, 6.07) is 0.319. The minimum Gasteiger partial charge on any atom is -0.301 e. The van der Waals surface area contributed by atoms with Crippen molar-refractivity contribution in [3.05, 3.63) is 0 Å². The number of hydrogen-bond donors (Lipinski definition) is 1. The lowest BCUT2D eigenvalue weighted by Gasteiger charge is -2.36. The molecule has 14 heavy (non-hydrogen) atoms. The zero-order valence-electron chi connectivity index (χ0n) is 8.53. The molecule has 1 rings (SSSR count). The molecule has 0 aliphatic carbocycles. The van der Waals surface area contributed by atoms with E-state index in [2.05, 4.69) is 0 Å². The maximum atomic E-state index is 13.8. The maximum Gasteiger partial charge on any atom is 0.244 e. The predicted molar refractivity (Wildman–Crippen MR) is 52.9 cm³/mol. The normalized spacial score (nSPS) is 24.1. The van der Waals surface area contributed by atoms with E-state index in [0.717, 1.165) is 0 Å². The van der Waals surface area contributed by atoms with E-state index in [1.165, 1.54) is 0 Å². The Balaban J connectivity index is 2.67. The lowest BCUT2D eigenvalue weighted by molar-refractivity contribution is 0.0990. The smallest absolute Gasteiger partial charge is 0.244 e. The third kappa shape index (κ3) is 2.24. The molecular weight excluding hydrogens is 207 g/mol. The monoisotopic (exact) mass is 224 g/mol. The third-order valence-electron chi connectivity index (χ3n) is 2.78. The number of piperidine rings is 1. The number of rotatable bonds is 2. The predicted octanol–water partition coefficient (Wildman–Crippen LogP) is 0.445. The fourth-order valence-electron chi connectivity index (χ4n) is 1.66. The van der Waals surface area contributed by atoms with E-state index in [1.54, 1.807) is 0 Å². The van der Waals surface area contributed by atoms with Crippen LogP contribution in [0, 0.1) is 0 Å². The van der Waals surface area contributed by atoms with Crippen LogP contribution in [-0.2, 0) is 10.0 Å². The Bertz CT molecular complexity index is 294. The van der Waals surface area contributed by atoms with Crippen LogP contribution in [0.1, 0.15) is 26.7 Å². The lowest BCUT2D eigenvalue weighted by Crippen LogP contribution is -2.50. The molecule has 6 heteroatoms. The number of hydrogen-bond acceptors (Lipinski definition) is 3. The molecule has 0 saturated carbocycles. The van der Waals surface area contributed by atoms with E-state index in [-0.39, 0.29) is 12.8 Å². The van der Waals surface area contributed by atoms with Gasteiger partial charge in [0.2, 0.25) is 15.0 Å². The Morgan fingerprint density at radius 3 is 2.07 bits per heavy atom. The van der Waals surface area contributed by atoms with Crippen LogP contribution in [-0.4, -0.2) is 37.4 Å². The molecular formula is C8H17FN2O2S. The number of sulfonamides is 1. The van der Waals surface area contributed by atoms with Gasteiger partial charge in [0.1, 0.15) is 0 Å². The molecule has 0 aromatic rings. The van der Waals surface area contributed by atoms with Crippen molar-refractivity contribution >= 4 is 10.0 Å². The first-order chi connectivity index (χ1) is 6.26. The second-order valence-corrected chi connectivity index (χ2v) is 5.88. The summed E-state index contributed by atoms with van der Waals surface area (Å²) >= 11 is 0. The van der Waals surface area contributed by atoms with Gasteiger partial charge in [-0.1, -0.05) is 0 Å². The van der Waals surface area contributed by atoms with Crippen molar-refractivity contribution < 1.29 is 12.8 Å². The highest BCUT2D eigenvalue weighted by Gasteiger charge is 2.44. The quantitative estimate of drug-likeness (QED) is 0.740. The Labute approximate surface area is 84.3 Å². The van der Waals surface area contributed by atoms with Crippen molar-refractivity contribution in [2.45, 2.75) is 37.7 Å². The SMILES string of the molecule is CC(C)N1CCC(F)(S(N)(=O)=O)CC1. The van der Waals surface area contributed by atoms with Gasteiger partial charge in [0.05, 0.1) is 0 Å². The van der Waals surface area contributed by atoms with E-state index in [9.17, 15) is 12.8 Å². The van der Waals surface area contributed by atoms with Gasteiger partial charge >= 0.3 is 0 Å². The van der Waals surface area contributed by atoms with Crippen LogP contribution in [0.3, 0.4) is 0 Å². The topological polar surface area (TPSA) is 63.4 Å². The number of primary sulfonamides is 1. The first-order valence-corrected chi connectivity index (χ1v) is 6.26. The largest absolute Gasteiger partial charge is 0.301 e. The summed E-state index contributed by atoms with van der Waals surface area (Å²) in [5.41, 5.74) is 0. The highest BCUT2D eigenvalue weighted by atomic mass is 32.2. The van der Waals surface area contributed by atoms with Crippen LogP contribution in [0.5, 0.6) is 0 Å². The second kappa shape index (κ2) is 3.75. The van der Waals surface area contributed by atoms with Crippen LogP contribution in [0.25, 0.3) is 0 Å². The van der Waals surface area contributed by atoms with Crippen molar-refractivity contribution in [3.63, 3.8) is 0 Å². The number of halogens is 1. The molecule has 0 atom stereocenters. The molecule has 84 valence electrons. The molecule has 1 aliphatic heterocycles. The summed E-state index contributed by atoms with van der Waals surface area (Å²) in [4.78, 5) is 2.04. The van der Waals surface area contributed by atoms with Gasteiger partial charge < -0.3 is 4.90 Å². The molecule has 0 radical (unpaired) electrons. The molecule has 0 unspecified atom stereocenters. The molecule has 1 aliphatic rings. The molecule has 0 aromatic heterocycles. The van der Waals surface area contributed by atoms with Crippen LogP contribution >= 0.6 is 0 Å². The van der Waals surface area contributed by atoms with E-state index in [0.29, 0.717) is 19.1 Å². The zero-order valence-corrected chi connectivity index (χ0v) is 9.35. The van der Waals surface area contributed by atoms with Gasteiger partial charge in [0.25, 0.3) is 0 Å². The minimum absolute atomic E-state index is 0.0238. The van der Waals surface area contributed by atoms with Gasteiger partial charge in [0, 0.05) is 32.0 Å². The van der Waals surface area contributed by atoms with Crippen LogP contribution < -0.4 is 5.14 Å². The molecule has 1 heterocycles. The highest BCUT2D eigenvalue weighted by Crippen LogP contribution is 2.30. The van der Waals surface area contributed by atoms with Gasteiger partial charge in [-0.3, -0.25) is 0 Å². The van der Waals surface area contributed by atoms with Gasteiger partial charge in [0.15, 0.2) is 0 Å². The van der Waals surface area contributed by atoms with Gasteiger partial charge in [-0.2, -0.15) is 0 Å². The van der Waals surface area contributed by atoms with Crippen molar-refractivity contribution in [2.24, 2.45) is 5.14 Å². The maximum absolute atomic E-state index is 13.8. The first-order valence-electron chi connectivity index (χ1n) is 4.71. The van der Waals surface area contributed by atoms with Crippen molar-refractivity contribution in [1.82, 2.24) is 4.90 Å². The molecule has 0 bridgehead atoms. The van der Waals surface area contributed by atoms with Crippen LogP contribution in [0.2, 0.25) is 0 Å². The Morgan fingerprint density at radius 1 is 1.36 bits per heavy atom. The average molecular weight is 224 g/mol. The summed E-state index contributed by atoms with van der Waals surface area (Å²) in [6.45, 7) is 4.90. The van der Waals surface area contributed by atoms with Crippen molar-refractivity contribution in [1.29, 1.82) is 0 Å². The number of alkyl halides is 1. The summed E-state index contributed by atoms with van der Waals surface area (Å²) in [6.07, 6.45) is -0.0476. The third-order valence-corrected chi connectivity index (χ3v) is 4.21. The Hall–Kier alpha value is -0.200. The molecule has 2 N–H and O–H groups in total. The van der Waals surface area contributed by atoms with Gasteiger partial charge in [-0.15, -0.1) is 0 Å². The van der Waals surface area contributed by atoms with Crippen LogP contribution in [0.4, 0.5) is 4.39 Å². The summed E-state index contributed by atoms with van der Waals surface area (Å²) in [5, 5.41) is 2.63. The van der Waals surface area contributed by atoms with E-state index < -0.39 is 15.0 Å².